The smallest absolute Gasteiger partial charge is 0.305 e. The number of carbonyl (C=O) groups is 2. The first-order chi connectivity index (χ1) is 8.49. The minimum absolute atomic E-state index is 0.0673. The average molecular weight is 253 g/mol. The number of rotatable bonds is 6. The van der Waals surface area contributed by atoms with Crippen LogP contribution >= 0.6 is 0 Å². The minimum Gasteiger partial charge on any atom is -0.481 e. The van der Waals surface area contributed by atoms with E-state index in [0.717, 1.165) is 5.56 Å². The molecule has 5 heteroatoms. The summed E-state index contributed by atoms with van der Waals surface area (Å²) in [5.41, 5.74) is 0.759. The van der Waals surface area contributed by atoms with Crippen LogP contribution in [0, 0.1) is 5.82 Å². The SMILES string of the molecule is CN(CCC(=O)O)C(=O)CCc1cccc(F)c1. The molecule has 0 aliphatic heterocycles. The van der Waals surface area contributed by atoms with Crippen LogP contribution in [0.3, 0.4) is 0 Å². The first kappa shape index (κ1) is 14.2. The molecule has 1 aromatic rings. The van der Waals surface area contributed by atoms with Crippen LogP contribution in [0.15, 0.2) is 24.3 Å². The molecule has 0 aromatic heterocycles. The molecule has 4 nitrogen and oxygen atoms in total. The monoisotopic (exact) mass is 253 g/mol. The summed E-state index contributed by atoms with van der Waals surface area (Å²) >= 11 is 0. The summed E-state index contributed by atoms with van der Waals surface area (Å²) in [7, 11) is 1.57. The molecule has 1 N–H and O–H groups in total. The number of aliphatic carboxylic acids is 1. The fourth-order valence-electron chi connectivity index (χ4n) is 1.52. The van der Waals surface area contributed by atoms with Crippen LogP contribution in [-0.4, -0.2) is 35.5 Å². The Bertz CT molecular complexity index is 434. The molecule has 0 atom stereocenters. The Morgan fingerprint density at radius 1 is 1.33 bits per heavy atom. The topological polar surface area (TPSA) is 57.6 Å². The molecule has 1 rings (SSSR count). The molecule has 0 aliphatic rings. The van der Waals surface area contributed by atoms with Gasteiger partial charge < -0.3 is 10.0 Å². The van der Waals surface area contributed by atoms with E-state index in [9.17, 15) is 14.0 Å². The fraction of sp³-hybridized carbons (Fsp3) is 0.385. The Morgan fingerprint density at radius 2 is 2.06 bits per heavy atom. The van der Waals surface area contributed by atoms with Crippen molar-refractivity contribution in [2.45, 2.75) is 19.3 Å². The van der Waals surface area contributed by atoms with Gasteiger partial charge in [0.1, 0.15) is 5.82 Å². The largest absolute Gasteiger partial charge is 0.481 e. The minimum atomic E-state index is -0.931. The molecule has 0 heterocycles. The van der Waals surface area contributed by atoms with Crippen molar-refractivity contribution in [1.29, 1.82) is 0 Å². The lowest BCUT2D eigenvalue weighted by Crippen LogP contribution is -2.29. The summed E-state index contributed by atoms with van der Waals surface area (Å²) < 4.78 is 12.9. The van der Waals surface area contributed by atoms with Crippen molar-refractivity contribution in [3.05, 3.63) is 35.6 Å². The van der Waals surface area contributed by atoms with Gasteiger partial charge in [-0.15, -0.1) is 0 Å². The maximum Gasteiger partial charge on any atom is 0.305 e. The van der Waals surface area contributed by atoms with E-state index < -0.39 is 5.97 Å². The lowest BCUT2D eigenvalue weighted by molar-refractivity contribution is -0.138. The summed E-state index contributed by atoms with van der Waals surface area (Å²) in [4.78, 5) is 23.4. The van der Waals surface area contributed by atoms with Gasteiger partial charge in [0.15, 0.2) is 0 Å². The number of hydrogen-bond donors (Lipinski definition) is 1. The van der Waals surface area contributed by atoms with E-state index in [1.807, 2.05) is 0 Å². The zero-order chi connectivity index (χ0) is 13.5. The number of carboxylic acid groups (broad SMARTS) is 1. The zero-order valence-electron chi connectivity index (χ0n) is 10.2. The normalized spacial score (nSPS) is 10.1. The number of aryl methyl sites for hydroxylation is 1. The molecule has 0 bridgehead atoms. The number of nitrogens with zero attached hydrogens (tertiary/aromatic N) is 1. The van der Waals surface area contributed by atoms with Gasteiger partial charge in [0.25, 0.3) is 0 Å². The van der Waals surface area contributed by atoms with E-state index in [1.165, 1.54) is 17.0 Å². The Balaban J connectivity index is 2.38. The Kier molecular flexibility index (Phi) is 5.30. The van der Waals surface area contributed by atoms with Crippen LogP contribution < -0.4 is 0 Å². The molecule has 0 radical (unpaired) electrons. The van der Waals surface area contributed by atoms with E-state index in [0.29, 0.717) is 6.42 Å². The summed E-state index contributed by atoms with van der Waals surface area (Å²) in [5, 5.41) is 8.50. The second-order valence-electron chi connectivity index (χ2n) is 4.09. The van der Waals surface area contributed by atoms with Crippen LogP contribution in [0.25, 0.3) is 0 Å². The van der Waals surface area contributed by atoms with E-state index in [-0.39, 0.29) is 31.1 Å². The molecule has 0 saturated heterocycles. The van der Waals surface area contributed by atoms with Crippen molar-refractivity contribution in [2.75, 3.05) is 13.6 Å². The van der Waals surface area contributed by atoms with Crippen LogP contribution in [0.1, 0.15) is 18.4 Å². The van der Waals surface area contributed by atoms with Crippen LogP contribution in [-0.2, 0) is 16.0 Å². The highest BCUT2D eigenvalue weighted by Crippen LogP contribution is 2.07. The summed E-state index contributed by atoms with van der Waals surface area (Å²) in [5.74, 6) is -1.39. The van der Waals surface area contributed by atoms with Gasteiger partial charge in [0.2, 0.25) is 5.91 Å². The number of carboxylic acids is 1. The van der Waals surface area contributed by atoms with Crippen LogP contribution in [0.2, 0.25) is 0 Å². The molecule has 1 aromatic carbocycles. The van der Waals surface area contributed by atoms with E-state index >= 15 is 0 Å². The van der Waals surface area contributed by atoms with E-state index in [2.05, 4.69) is 0 Å². The molecule has 98 valence electrons. The number of amides is 1. The number of halogens is 1. The molecule has 0 unspecified atom stereocenters. The maximum absolute atomic E-state index is 12.9. The lowest BCUT2D eigenvalue weighted by Gasteiger charge is -2.15. The van der Waals surface area contributed by atoms with Crippen LogP contribution in [0.5, 0.6) is 0 Å². The van der Waals surface area contributed by atoms with Gasteiger partial charge >= 0.3 is 5.97 Å². The van der Waals surface area contributed by atoms with Crippen molar-refractivity contribution in [1.82, 2.24) is 4.90 Å². The van der Waals surface area contributed by atoms with Crippen molar-refractivity contribution < 1.29 is 19.1 Å². The van der Waals surface area contributed by atoms with Gasteiger partial charge in [0, 0.05) is 20.0 Å². The van der Waals surface area contributed by atoms with E-state index in [4.69, 9.17) is 5.11 Å². The summed E-state index contributed by atoms with van der Waals surface area (Å²) in [6.45, 7) is 0.192. The highest BCUT2D eigenvalue weighted by atomic mass is 19.1. The third kappa shape index (κ3) is 4.95. The molecule has 0 spiro atoms. The zero-order valence-corrected chi connectivity index (χ0v) is 10.2. The first-order valence-electron chi connectivity index (χ1n) is 5.69. The predicted octanol–water partition coefficient (Wildman–Crippen LogP) is 1.69. The molecule has 0 fully saturated rings. The Hall–Kier alpha value is -1.91. The molecule has 0 saturated carbocycles. The van der Waals surface area contributed by atoms with Crippen molar-refractivity contribution in [3.63, 3.8) is 0 Å². The van der Waals surface area contributed by atoms with Crippen molar-refractivity contribution in [3.8, 4) is 0 Å². The van der Waals surface area contributed by atoms with Gasteiger partial charge in [-0.25, -0.2) is 4.39 Å². The van der Waals surface area contributed by atoms with E-state index in [1.54, 1.807) is 19.2 Å². The summed E-state index contributed by atoms with van der Waals surface area (Å²) in [6, 6.07) is 6.10. The Labute approximate surface area is 105 Å². The molecular formula is C13H16FNO3. The van der Waals surface area contributed by atoms with Crippen LogP contribution in [0.4, 0.5) is 4.39 Å². The standard InChI is InChI=1S/C13H16FNO3/c1-15(8-7-13(17)18)12(16)6-5-10-3-2-4-11(14)9-10/h2-4,9H,5-8H2,1H3,(H,17,18). The highest BCUT2D eigenvalue weighted by Gasteiger charge is 2.10. The van der Waals surface area contributed by atoms with Gasteiger partial charge in [-0.05, 0) is 24.1 Å². The fourth-order valence-corrected chi connectivity index (χ4v) is 1.52. The quantitative estimate of drug-likeness (QED) is 0.839. The number of hydrogen-bond acceptors (Lipinski definition) is 2. The lowest BCUT2D eigenvalue weighted by atomic mass is 10.1. The molecule has 1 amide bonds. The second-order valence-corrected chi connectivity index (χ2v) is 4.09. The number of carbonyl (C=O) groups excluding carboxylic acids is 1. The predicted molar refractivity (Wildman–Crippen MR) is 64.6 cm³/mol. The molecule has 0 aliphatic carbocycles. The van der Waals surface area contributed by atoms with Gasteiger partial charge in [0.05, 0.1) is 6.42 Å². The van der Waals surface area contributed by atoms with Crippen molar-refractivity contribution >= 4 is 11.9 Å². The first-order valence-corrected chi connectivity index (χ1v) is 5.69. The Morgan fingerprint density at radius 3 is 2.67 bits per heavy atom. The highest BCUT2D eigenvalue weighted by molar-refractivity contribution is 5.77. The van der Waals surface area contributed by atoms with Crippen molar-refractivity contribution in [2.24, 2.45) is 0 Å². The third-order valence-electron chi connectivity index (χ3n) is 2.60. The maximum atomic E-state index is 12.9. The molecule has 18 heavy (non-hydrogen) atoms. The van der Waals surface area contributed by atoms with Gasteiger partial charge in [-0.1, -0.05) is 12.1 Å². The summed E-state index contributed by atoms with van der Waals surface area (Å²) in [6.07, 6.45) is 0.635. The van der Waals surface area contributed by atoms with Gasteiger partial charge in [-0.3, -0.25) is 9.59 Å². The number of benzene rings is 1. The third-order valence-corrected chi connectivity index (χ3v) is 2.60. The second kappa shape index (κ2) is 6.74. The molecular weight excluding hydrogens is 237 g/mol. The van der Waals surface area contributed by atoms with Gasteiger partial charge in [-0.2, -0.15) is 0 Å². The average Bonchev–Trinajstić information content (AvgIpc) is 2.33.